The third-order valence-electron chi connectivity index (χ3n) is 4.99. The first-order valence-electron chi connectivity index (χ1n) is 8.94. The molecule has 1 saturated heterocycles. The average molecular weight is 326 g/mol. The van der Waals surface area contributed by atoms with Crippen LogP contribution < -0.4 is 10.6 Å². The van der Waals surface area contributed by atoms with E-state index in [2.05, 4.69) is 34.6 Å². The molecule has 0 radical (unpaired) electrons. The van der Waals surface area contributed by atoms with Gasteiger partial charge in [0.1, 0.15) is 0 Å². The van der Waals surface area contributed by atoms with Gasteiger partial charge in [-0.15, -0.1) is 0 Å². The first-order chi connectivity index (χ1) is 11.2. The first kappa shape index (κ1) is 18.5. The summed E-state index contributed by atoms with van der Waals surface area (Å²) < 4.78 is 11.2. The summed E-state index contributed by atoms with van der Waals surface area (Å²) in [6.07, 6.45) is 5.83. The van der Waals surface area contributed by atoms with Gasteiger partial charge in [0.15, 0.2) is 5.96 Å². The first-order valence-corrected chi connectivity index (χ1v) is 8.94. The van der Waals surface area contributed by atoms with Crippen molar-refractivity contribution < 1.29 is 9.47 Å². The lowest BCUT2D eigenvalue weighted by molar-refractivity contribution is -0.00501. The van der Waals surface area contributed by atoms with Crippen molar-refractivity contribution in [2.24, 2.45) is 10.9 Å². The lowest BCUT2D eigenvalue weighted by Crippen LogP contribution is -2.57. The second kappa shape index (κ2) is 9.45. The van der Waals surface area contributed by atoms with Gasteiger partial charge in [0.2, 0.25) is 0 Å². The molecular weight excluding hydrogens is 292 g/mol. The highest BCUT2D eigenvalue weighted by atomic mass is 16.5. The molecule has 6 nitrogen and oxygen atoms in total. The second-order valence-corrected chi connectivity index (χ2v) is 6.96. The fourth-order valence-electron chi connectivity index (χ4n) is 2.92. The molecule has 0 unspecified atom stereocenters. The van der Waals surface area contributed by atoms with E-state index in [1.165, 1.54) is 12.8 Å². The molecule has 0 atom stereocenters. The Labute approximate surface area is 141 Å². The van der Waals surface area contributed by atoms with Crippen LogP contribution in [0, 0.1) is 5.92 Å². The van der Waals surface area contributed by atoms with E-state index < -0.39 is 0 Å². The molecule has 23 heavy (non-hydrogen) atoms. The number of hydrogen-bond donors (Lipinski definition) is 2. The molecule has 6 heteroatoms. The van der Waals surface area contributed by atoms with E-state index in [0.717, 1.165) is 70.7 Å². The number of ether oxygens (including phenoxy) is 2. The van der Waals surface area contributed by atoms with Crippen molar-refractivity contribution >= 4 is 5.96 Å². The van der Waals surface area contributed by atoms with Gasteiger partial charge in [-0.1, -0.05) is 0 Å². The number of likely N-dealkylation sites (N-methyl/N-ethyl adjacent to an activating group) is 1. The minimum Gasteiger partial charge on any atom is -0.381 e. The predicted molar refractivity (Wildman–Crippen MR) is 94.0 cm³/mol. The summed E-state index contributed by atoms with van der Waals surface area (Å²) in [7, 11) is 6.13. The van der Waals surface area contributed by atoms with Gasteiger partial charge in [-0.3, -0.25) is 4.99 Å². The highest BCUT2D eigenvalue weighted by molar-refractivity contribution is 5.79. The lowest BCUT2D eigenvalue weighted by Gasteiger charge is -2.43. The van der Waals surface area contributed by atoms with Crippen LogP contribution >= 0.6 is 0 Å². The molecule has 1 aliphatic heterocycles. The Morgan fingerprint density at radius 3 is 2.61 bits per heavy atom. The van der Waals surface area contributed by atoms with Gasteiger partial charge in [0.25, 0.3) is 0 Å². The van der Waals surface area contributed by atoms with Gasteiger partial charge in [-0.05, 0) is 52.1 Å². The van der Waals surface area contributed by atoms with Crippen LogP contribution in [0.1, 0.15) is 32.1 Å². The molecule has 2 fully saturated rings. The van der Waals surface area contributed by atoms with E-state index in [-0.39, 0.29) is 5.54 Å². The monoisotopic (exact) mass is 326 g/mol. The van der Waals surface area contributed by atoms with Gasteiger partial charge < -0.3 is 25.0 Å². The molecule has 2 N–H and O–H groups in total. The van der Waals surface area contributed by atoms with Crippen molar-refractivity contribution in [2.45, 2.75) is 37.6 Å². The number of nitrogens with one attached hydrogen (secondary N) is 2. The number of nitrogens with zero attached hydrogens (tertiary/aromatic N) is 2. The molecule has 1 saturated carbocycles. The fraction of sp³-hybridized carbons (Fsp3) is 0.941. The topological polar surface area (TPSA) is 58.1 Å². The molecule has 0 spiro atoms. The molecule has 2 rings (SSSR count). The van der Waals surface area contributed by atoms with Gasteiger partial charge >= 0.3 is 0 Å². The molecule has 0 bridgehead atoms. The Morgan fingerprint density at radius 1 is 1.26 bits per heavy atom. The standard InChI is InChI=1S/C17H34N4O2/c1-18-16(19-9-4-10-23-13-15-5-6-15)20-14-17(21(2)3)7-11-22-12-8-17/h15H,4-14H2,1-3H3,(H2,18,19,20). The zero-order chi connectivity index (χ0) is 16.5. The molecule has 1 heterocycles. The van der Waals surface area contributed by atoms with Crippen molar-refractivity contribution in [1.29, 1.82) is 0 Å². The third kappa shape index (κ3) is 6.28. The average Bonchev–Trinajstić information content (AvgIpc) is 3.38. The molecule has 134 valence electrons. The van der Waals surface area contributed by atoms with Crippen molar-refractivity contribution in [3.63, 3.8) is 0 Å². The highest BCUT2D eigenvalue weighted by Gasteiger charge is 2.34. The van der Waals surface area contributed by atoms with E-state index in [4.69, 9.17) is 9.47 Å². The maximum atomic E-state index is 5.65. The normalized spacial score (nSPS) is 21.5. The summed E-state index contributed by atoms with van der Waals surface area (Å²) in [5.41, 5.74) is 0.156. The van der Waals surface area contributed by atoms with Crippen LogP contribution in [0.4, 0.5) is 0 Å². The van der Waals surface area contributed by atoms with Gasteiger partial charge in [-0.2, -0.15) is 0 Å². The summed E-state index contributed by atoms with van der Waals surface area (Å²) in [5.74, 6) is 1.72. The molecule has 0 aromatic rings. The lowest BCUT2D eigenvalue weighted by atomic mass is 9.88. The van der Waals surface area contributed by atoms with E-state index >= 15 is 0 Å². The minimum absolute atomic E-state index is 0.156. The summed E-state index contributed by atoms with van der Waals surface area (Å²) >= 11 is 0. The Kier molecular flexibility index (Phi) is 7.59. The predicted octanol–water partition coefficient (Wildman–Crippen LogP) is 1.08. The quantitative estimate of drug-likeness (QED) is 0.377. The maximum Gasteiger partial charge on any atom is 0.191 e. The summed E-state index contributed by atoms with van der Waals surface area (Å²) in [4.78, 5) is 6.64. The molecule has 0 amide bonds. The summed E-state index contributed by atoms with van der Waals surface area (Å²) in [6, 6.07) is 0. The van der Waals surface area contributed by atoms with E-state index in [1.807, 2.05) is 7.05 Å². The van der Waals surface area contributed by atoms with Crippen LogP contribution in [0.25, 0.3) is 0 Å². The Hall–Kier alpha value is -0.850. The van der Waals surface area contributed by atoms with Crippen molar-refractivity contribution in [1.82, 2.24) is 15.5 Å². The van der Waals surface area contributed by atoms with Crippen molar-refractivity contribution in [2.75, 3.05) is 60.7 Å². The van der Waals surface area contributed by atoms with Crippen LogP contribution in [0.3, 0.4) is 0 Å². The van der Waals surface area contributed by atoms with E-state index in [1.54, 1.807) is 0 Å². The number of rotatable bonds is 9. The Morgan fingerprint density at radius 2 is 2.00 bits per heavy atom. The summed E-state index contributed by atoms with van der Waals surface area (Å²) in [5, 5.41) is 6.86. The minimum atomic E-state index is 0.156. The summed E-state index contributed by atoms with van der Waals surface area (Å²) in [6.45, 7) is 5.23. The SMILES string of the molecule is CN=C(NCCCOCC1CC1)NCC1(N(C)C)CCOCC1. The van der Waals surface area contributed by atoms with E-state index in [9.17, 15) is 0 Å². The van der Waals surface area contributed by atoms with E-state index in [0.29, 0.717) is 0 Å². The van der Waals surface area contributed by atoms with Crippen LogP contribution in [0.2, 0.25) is 0 Å². The zero-order valence-corrected chi connectivity index (χ0v) is 15.1. The number of aliphatic imine (C=N–C) groups is 1. The van der Waals surface area contributed by atoms with Gasteiger partial charge in [0, 0.05) is 52.1 Å². The van der Waals surface area contributed by atoms with Gasteiger partial charge in [-0.25, -0.2) is 0 Å². The third-order valence-corrected chi connectivity index (χ3v) is 4.99. The Bertz CT molecular complexity index is 364. The van der Waals surface area contributed by atoms with Gasteiger partial charge in [0.05, 0.1) is 0 Å². The van der Waals surface area contributed by atoms with Crippen LogP contribution in [-0.4, -0.2) is 77.1 Å². The largest absolute Gasteiger partial charge is 0.381 e. The van der Waals surface area contributed by atoms with Crippen LogP contribution in [0.15, 0.2) is 4.99 Å². The second-order valence-electron chi connectivity index (χ2n) is 6.96. The smallest absolute Gasteiger partial charge is 0.191 e. The van der Waals surface area contributed by atoms with Crippen molar-refractivity contribution in [3.05, 3.63) is 0 Å². The molecule has 1 aliphatic carbocycles. The highest BCUT2D eigenvalue weighted by Crippen LogP contribution is 2.28. The zero-order valence-electron chi connectivity index (χ0n) is 15.1. The van der Waals surface area contributed by atoms with Crippen LogP contribution in [-0.2, 0) is 9.47 Å². The molecule has 0 aromatic heterocycles. The molecule has 0 aromatic carbocycles. The number of guanidine groups is 1. The maximum absolute atomic E-state index is 5.65. The van der Waals surface area contributed by atoms with Crippen LogP contribution in [0.5, 0.6) is 0 Å². The Balaban J connectivity index is 1.62. The number of hydrogen-bond acceptors (Lipinski definition) is 4. The molecular formula is C17H34N4O2. The van der Waals surface area contributed by atoms with Crippen molar-refractivity contribution in [3.8, 4) is 0 Å². The molecule has 2 aliphatic rings. The fourth-order valence-corrected chi connectivity index (χ4v) is 2.92.